The van der Waals surface area contributed by atoms with Gasteiger partial charge >= 0.3 is 0 Å². The van der Waals surface area contributed by atoms with Crippen LogP contribution >= 0.6 is 12.6 Å². The van der Waals surface area contributed by atoms with Crippen molar-refractivity contribution in [2.24, 2.45) is 5.41 Å². The van der Waals surface area contributed by atoms with E-state index in [0.717, 1.165) is 11.8 Å². The van der Waals surface area contributed by atoms with Gasteiger partial charge in [-0.2, -0.15) is 12.6 Å². The van der Waals surface area contributed by atoms with Gasteiger partial charge in [0.25, 0.3) is 0 Å². The van der Waals surface area contributed by atoms with Crippen LogP contribution in [0.25, 0.3) is 0 Å². The molecule has 0 N–H and O–H groups in total. The number of rotatable bonds is 4. The van der Waals surface area contributed by atoms with Gasteiger partial charge in [0.05, 0.1) is 0 Å². The summed E-state index contributed by atoms with van der Waals surface area (Å²) in [4.78, 5) is 5.25. The molecule has 1 atom stereocenters. The molecule has 2 aliphatic rings. The molecule has 106 valence electrons. The van der Waals surface area contributed by atoms with Gasteiger partial charge < -0.3 is 4.90 Å². The zero-order valence-corrected chi connectivity index (χ0v) is 13.1. The summed E-state index contributed by atoms with van der Waals surface area (Å²) in [7, 11) is 2.28. The Labute approximate surface area is 119 Å². The van der Waals surface area contributed by atoms with E-state index in [-0.39, 0.29) is 0 Å². The van der Waals surface area contributed by atoms with Crippen LogP contribution in [0.5, 0.6) is 0 Å². The van der Waals surface area contributed by atoms with Crippen LogP contribution in [-0.2, 0) is 0 Å². The molecule has 1 unspecified atom stereocenters. The van der Waals surface area contributed by atoms with E-state index >= 15 is 0 Å². The van der Waals surface area contributed by atoms with E-state index < -0.39 is 0 Å². The highest BCUT2D eigenvalue weighted by Crippen LogP contribution is 2.38. The molecule has 1 aliphatic carbocycles. The van der Waals surface area contributed by atoms with E-state index in [9.17, 15) is 0 Å². The highest BCUT2D eigenvalue weighted by Gasteiger charge is 2.34. The Kier molecular flexibility index (Phi) is 5.40. The zero-order chi connectivity index (χ0) is 13.0. The monoisotopic (exact) mass is 270 g/mol. The quantitative estimate of drug-likeness (QED) is 0.785. The van der Waals surface area contributed by atoms with E-state index in [2.05, 4.69) is 36.4 Å². The number of hydrogen-bond donors (Lipinski definition) is 1. The number of hydrogen-bond acceptors (Lipinski definition) is 3. The molecule has 0 amide bonds. The molecule has 0 radical (unpaired) electrons. The van der Waals surface area contributed by atoms with E-state index in [0.29, 0.717) is 5.41 Å². The summed E-state index contributed by atoms with van der Waals surface area (Å²) in [5.41, 5.74) is 0.523. The summed E-state index contributed by atoms with van der Waals surface area (Å²) >= 11 is 4.67. The molecule has 1 saturated carbocycles. The predicted molar refractivity (Wildman–Crippen MR) is 82.5 cm³/mol. The van der Waals surface area contributed by atoms with Gasteiger partial charge in [0.2, 0.25) is 0 Å². The summed E-state index contributed by atoms with van der Waals surface area (Å²) in [6, 6.07) is 0.763. The topological polar surface area (TPSA) is 6.48 Å². The maximum absolute atomic E-state index is 4.67. The predicted octanol–water partition coefficient (Wildman–Crippen LogP) is 2.89. The lowest BCUT2D eigenvalue weighted by molar-refractivity contribution is 0.0503. The largest absolute Gasteiger partial charge is 0.301 e. The van der Waals surface area contributed by atoms with Crippen molar-refractivity contribution in [3.05, 3.63) is 0 Å². The Hall–Kier alpha value is 0.270. The molecule has 1 heterocycles. The molecule has 0 aromatic heterocycles. The highest BCUT2D eigenvalue weighted by molar-refractivity contribution is 7.80. The second kappa shape index (κ2) is 6.62. The molecular weight excluding hydrogens is 240 g/mol. The fraction of sp³-hybridized carbons (Fsp3) is 1.00. The third-order valence-corrected chi connectivity index (χ3v) is 5.81. The Bertz CT molecular complexity index is 251. The van der Waals surface area contributed by atoms with Crippen LogP contribution in [0.2, 0.25) is 0 Å². The molecule has 0 aromatic rings. The van der Waals surface area contributed by atoms with Gasteiger partial charge in [0, 0.05) is 32.2 Å². The van der Waals surface area contributed by atoms with Crippen molar-refractivity contribution < 1.29 is 0 Å². The molecule has 0 bridgehead atoms. The minimum atomic E-state index is 0.523. The van der Waals surface area contributed by atoms with E-state index in [1.165, 1.54) is 64.7 Å². The van der Waals surface area contributed by atoms with Crippen molar-refractivity contribution in [1.29, 1.82) is 0 Å². The normalized spacial score (nSPS) is 30.5. The third kappa shape index (κ3) is 3.43. The van der Waals surface area contributed by atoms with Crippen LogP contribution in [0.1, 0.15) is 45.4 Å². The van der Waals surface area contributed by atoms with Crippen LogP contribution in [0.4, 0.5) is 0 Å². The minimum Gasteiger partial charge on any atom is -0.301 e. The van der Waals surface area contributed by atoms with Gasteiger partial charge in [-0.25, -0.2) is 0 Å². The average Bonchev–Trinajstić information content (AvgIpc) is 2.42. The maximum Gasteiger partial charge on any atom is 0.0218 e. The van der Waals surface area contributed by atoms with E-state index in [1.54, 1.807) is 0 Å². The standard InChI is InChI=1S/C15H30N2S/c1-3-14-11-17(10-9-16(14)2)12-15(13-18)7-5-4-6-8-15/h14,18H,3-13H2,1-2H3. The second-order valence-corrected chi connectivity index (χ2v) is 6.81. The smallest absolute Gasteiger partial charge is 0.0218 e. The summed E-state index contributed by atoms with van der Waals surface area (Å²) in [6.07, 6.45) is 8.37. The van der Waals surface area contributed by atoms with Gasteiger partial charge in [-0.1, -0.05) is 26.2 Å². The van der Waals surface area contributed by atoms with Crippen molar-refractivity contribution in [2.75, 3.05) is 39.0 Å². The van der Waals surface area contributed by atoms with Crippen molar-refractivity contribution in [3.8, 4) is 0 Å². The number of piperazine rings is 1. The van der Waals surface area contributed by atoms with Gasteiger partial charge in [0.15, 0.2) is 0 Å². The Morgan fingerprint density at radius 2 is 1.89 bits per heavy atom. The molecule has 0 aromatic carbocycles. The van der Waals surface area contributed by atoms with Crippen molar-refractivity contribution >= 4 is 12.6 Å². The van der Waals surface area contributed by atoms with E-state index in [4.69, 9.17) is 0 Å². The first-order valence-electron chi connectivity index (χ1n) is 7.72. The van der Waals surface area contributed by atoms with Crippen LogP contribution in [0.3, 0.4) is 0 Å². The number of thiol groups is 1. The lowest BCUT2D eigenvalue weighted by atomic mass is 9.75. The van der Waals surface area contributed by atoms with Gasteiger partial charge in [-0.05, 0) is 37.5 Å². The summed E-state index contributed by atoms with van der Waals surface area (Å²) < 4.78 is 0. The zero-order valence-electron chi connectivity index (χ0n) is 12.2. The number of nitrogens with zero attached hydrogens (tertiary/aromatic N) is 2. The number of likely N-dealkylation sites (N-methyl/N-ethyl adjacent to an activating group) is 1. The van der Waals surface area contributed by atoms with Crippen molar-refractivity contribution in [3.63, 3.8) is 0 Å². The fourth-order valence-corrected chi connectivity index (χ4v) is 4.15. The third-order valence-electron chi connectivity index (χ3n) is 5.14. The van der Waals surface area contributed by atoms with Crippen LogP contribution in [0, 0.1) is 5.41 Å². The lowest BCUT2D eigenvalue weighted by Crippen LogP contribution is -2.54. The van der Waals surface area contributed by atoms with Crippen LogP contribution < -0.4 is 0 Å². The summed E-state index contributed by atoms with van der Waals surface area (Å²) in [6.45, 7) is 7.37. The lowest BCUT2D eigenvalue weighted by Gasteiger charge is -2.45. The first-order chi connectivity index (χ1) is 8.69. The SMILES string of the molecule is CCC1CN(CC2(CS)CCCCC2)CCN1C. The molecule has 1 saturated heterocycles. The molecule has 1 aliphatic heterocycles. The first kappa shape index (κ1) is 14.7. The van der Waals surface area contributed by atoms with Gasteiger partial charge in [-0.3, -0.25) is 4.90 Å². The second-order valence-electron chi connectivity index (χ2n) is 6.50. The molecule has 2 fully saturated rings. The Morgan fingerprint density at radius 3 is 2.50 bits per heavy atom. The van der Waals surface area contributed by atoms with Crippen molar-refractivity contribution in [2.45, 2.75) is 51.5 Å². The molecular formula is C15H30N2S. The van der Waals surface area contributed by atoms with Gasteiger partial charge in [0.1, 0.15) is 0 Å². The van der Waals surface area contributed by atoms with Crippen LogP contribution in [0.15, 0.2) is 0 Å². The Balaban J connectivity index is 1.91. The summed E-state index contributed by atoms with van der Waals surface area (Å²) in [5, 5.41) is 0. The molecule has 2 rings (SSSR count). The molecule has 2 nitrogen and oxygen atoms in total. The van der Waals surface area contributed by atoms with Crippen molar-refractivity contribution in [1.82, 2.24) is 9.80 Å². The molecule has 18 heavy (non-hydrogen) atoms. The molecule has 0 spiro atoms. The molecule has 3 heteroatoms. The highest BCUT2D eigenvalue weighted by atomic mass is 32.1. The Morgan fingerprint density at radius 1 is 1.17 bits per heavy atom. The van der Waals surface area contributed by atoms with Crippen LogP contribution in [-0.4, -0.2) is 54.8 Å². The average molecular weight is 270 g/mol. The van der Waals surface area contributed by atoms with E-state index in [1.807, 2.05) is 0 Å². The fourth-order valence-electron chi connectivity index (χ4n) is 3.74. The minimum absolute atomic E-state index is 0.523. The summed E-state index contributed by atoms with van der Waals surface area (Å²) in [5.74, 6) is 1.08. The first-order valence-corrected chi connectivity index (χ1v) is 8.36. The van der Waals surface area contributed by atoms with Gasteiger partial charge in [-0.15, -0.1) is 0 Å². The maximum atomic E-state index is 4.67.